The average Bonchev–Trinajstić information content (AvgIpc) is 2.43. The van der Waals surface area contributed by atoms with Gasteiger partial charge in [-0.05, 0) is 49.2 Å². The number of halogens is 2. The Bertz CT molecular complexity index is 673. The Hall–Kier alpha value is -2.07. The first kappa shape index (κ1) is 15.3. The molecule has 2 aromatic carbocycles. The summed E-state index contributed by atoms with van der Waals surface area (Å²) in [5.41, 5.74) is 3.05. The first-order chi connectivity index (χ1) is 9.95. The number of hydrogen-bond donors (Lipinski definition) is 2. The van der Waals surface area contributed by atoms with Crippen LogP contribution in [0.3, 0.4) is 0 Å². The number of benzene rings is 2. The number of amides is 1. The van der Waals surface area contributed by atoms with Crippen molar-refractivity contribution in [2.75, 3.05) is 17.2 Å². The fourth-order valence-electron chi connectivity index (χ4n) is 1.88. The maximum absolute atomic E-state index is 13.2. The fraction of sp³-hybridized carbons (Fsp3) is 0.188. The van der Waals surface area contributed by atoms with E-state index in [9.17, 15) is 9.18 Å². The molecule has 5 heteroatoms. The van der Waals surface area contributed by atoms with Gasteiger partial charge in [0.05, 0.1) is 17.3 Å². The van der Waals surface area contributed by atoms with E-state index in [2.05, 4.69) is 10.6 Å². The van der Waals surface area contributed by atoms with Crippen LogP contribution in [0.4, 0.5) is 15.8 Å². The van der Waals surface area contributed by atoms with Crippen molar-refractivity contribution in [3.63, 3.8) is 0 Å². The SMILES string of the molecule is Cc1ccc(NC(=O)CNc2cc(F)ccc2C)c(Cl)c1. The van der Waals surface area contributed by atoms with Gasteiger partial charge in [-0.25, -0.2) is 4.39 Å². The van der Waals surface area contributed by atoms with E-state index in [1.165, 1.54) is 12.1 Å². The van der Waals surface area contributed by atoms with E-state index in [4.69, 9.17) is 11.6 Å². The van der Waals surface area contributed by atoms with E-state index in [-0.39, 0.29) is 18.3 Å². The summed E-state index contributed by atoms with van der Waals surface area (Å²) in [6, 6.07) is 9.80. The van der Waals surface area contributed by atoms with Crippen molar-refractivity contribution in [1.82, 2.24) is 0 Å². The van der Waals surface area contributed by atoms with Gasteiger partial charge < -0.3 is 10.6 Å². The molecule has 2 rings (SSSR count). The van der Waals surface area contributed by atoms with Gasteiger partial charge in [-0.1, -0.05) is 23.7 Å². The number of hydrogen-bond acceptors (Lipinski definition) is 2. The molecule has 0 bridgehead atoms. The minimum absolute atomic E-state index is 0.0362. The first-order valence-electron chi connectivity index (χ1n) is 6.52. The molecule has 3 nitrogen and oxygen atoms in total. The molecule has 0 aliphatic heterocycles. The number of nitrogens with one attached hydrogen (secondary N) is 2. The molecule has 0 atom stereocenters. The van der Waals surface area contributed by atoms with Gasteiger partial charge in [-0.15, -0.1) is 0 Å². The van der Waals surface area contributed by atoms with Gasteiger partial charge in [0.15, 0.2) is 0 Å². The molecule has 1 amide bonds. The predicted octanol–water partition coefficient (Wildman–Crippen LogP) is 4.15. The lowest BCUT2D eigenvalue weighted by Gasteiger charge is -2.11. The van der Waals surface area contributed by atoms with E-state index < -0.39 is 0 Å². The zero-order valence-corrected chi connectivity index (χ0v) is 12.6. The lowest BCUT2D eigenvalue weighted by molar-refractivity contribution is -0.114. The van der Waals surface area contributed by atoms with Gasteiger partial charge in [0.25, 0.3) is 0 Å². The van der Waals surface area contributed by atoms with E-state index in [0.29, 0.717) is 16.4 Å². The van der Waals surface area contributed by atoms with Gasteiger partial charge in [0.1, 0.15) is 5.82 Å². The number of rotatable bonds is 4. The van der Waals surface area contributed by atoms with Crippen LogP contribution in [0.15, 0.2) is 36.4 Å². The summed E-state index contributed by atoms with van der Waals surface area (Å²) in [6.45, 7) is 3.80. The molecule has 0 saturated heterocycles. The maximum atomic E-state index is 13.2. The number of anilines is 2. The van der Waals surface area contributed by atoms with Crippen molar-refractivity contribution in [3.05, 3.63) is 58.4 Å². The molecule has 21 heavy (non-hydrogen) atoms. The zero-order chi connectivity index (χ0) is 15.4. The Labute approximate surface area is 128 Å². The Morgan fingerprint density at radius 1 is 1.14 bits per heavy atom. The second-order valence-electron chi connectivity index (χ2n) is 4.84. The highest BCUT2D eigenvalue weighted by Crippen LogP contribution is 2.22. The summed E-state index contributed by atoms with van der Waals surface area (Å²) in [5, 5.41) is 6.12. The van der Waals surface area contributed by atoms with Crippen LogP contribution < -0.4 is 10.6 Å². The number of carbonyl (C=O) groups is 1. The Morgan fingerprint density at radius 2 is 1.90 bits per heavy atom. The minimum atomic E-state index is -0.343. The molecule has 0 saturated carbocycles. The van der Waals surface area contributed by atoms with Crippen LogP contribution in [0.5, 0.6) is 0 Å². The lowest BCUT2D eigenvalue weighted by Crippen LogP contribution is -2.22. The highest BCUT2D eigenvalue weighted by Gasteiger charge is 2.07. The van der Waals surface area contributed by atoms with Gasteiger partial charge in [0.2, 0.25) is 5.91 Å². The van der Waals surface area contributed by atoms with E-state index in [0.717, 1.165) is 11.1 Å². The zero-order valence-electron chi connectivity index (χ0n) is 11.8. The smallest absolute Gasteiger partial charge is 0.243 e. The maximum Gasteiger partial charge on any atom is 0.243 e. The Balaban J connectivity index is 1.97. The molecule has 2 aromatic rings. The lowest BCUT2D eigenvalue weighted by atomic mass is 10.2. The van der Waals surface area contributed by atoms with Crippen LogP contribution in [0.1, 0.15) is 11.1 Å². The third-order valence-electron chi connectivity index (χ3n) is 3.04. The topological polar surface area (TPSA) is 41.1 Å². The molecular formula is C16H16ClFN2O. The van der Waals surface area contributed by atoms with Crippen molar-refractivity contribution < 1.29 is 9.18 Å². The molecule has 0 heterocycles. The molecule has 0 aliphatic rings. The monoisotopic (exact) mass is 306 g/mol. The van der Waals surface area contributed by atoms with Crippen molar-refractivity contribution in [2.45, 2.75) is 13.8 Å². The standard InChI is InChI=1S/C16H16ClFN2O/c1-10-3-6-14(13(17)7-10)20-16(21)9-19-15-8-12(18)5-4-11(15)2/h3-8,19H,9H2,1-2H3,(H,20,21). The van der Waals surface area contributed by atoms with Crippen molar-refractivity contribution >= 4 is 28.9 Å². The van der Waals surface area contributed by atoms with Crippen molar-refractivity contribution in [2.24, 2.45) is 0 Å². The minimum Gasteiger partial charge on any atom is -0.376 e. The van der Waals surface area contributed by atoms with Crippen LogP contribution in [-0.2, 0) is 4.79 Å². The van der Waals surface area contributed by atoms with Crippen LogP contribution in [0, 0.1) is 19.7 Å². The van der Waals surface area contributed by atoms with E-state index in [1.807, 2.05) is 19.9 Å². The van der Waals surface area contributed by atoms with Crippen LogP contribution in [0.25, 0.3) is 0 Å². The summed E-state index contributed by atoms with van der Waals surface area (Å²) in [7, 11) is 0. The predicted molar refractivity (Wildman–Crippen MR) is 84.4 cm³/mol. The molecule has 0 aromatic heterocycles. The Kier molecular flexibility index (Phi) is 4.81. The van der Waals surface area contributed by atoms with E-state index in [1.54, 1.807) is 18.2 Å². The normalized spacial score (nSPS) is 10.3. The molecule has 0 spiro atoms. The van der Waals surface area contributed by atoms with Gasteiger partial charge in [0, 0.05) is 5.69 Å². The average molecular weight is 307 g/mol. The fourth-order valence-corrected chi connectivity index (χ4v) is 2.16. The van der Waals surface area contributed by atoms with Crippen molar-refractivity contribution in [1.29, 1.82) is 0 Å². The second-order valence-corrected chi connectivity index (χ2v) is 5.25. The first-order valence-corrected chi connectivity index (χ1v) is 6.89. The van der Waals surface area contributed by atoms with Gasteiger partial charge in [-0.3, -0.25) is 4.79 Å². The largest absolute Gasteiger partial charge is 0.376 e. The van der Waals surface area contributed by atoms with Gasteiger partial charge in [-0.2, -0.15) is 0 Å². The highest BCUT2D eigenvalue weighted by atomic mass is 35.5. The highest BCUT2D eigenvalue weighted by molar-refractivity contribution is 6.33. The molecular weight excluding hydrogens is 291 g/mol. The summed E-state index contributed by atoms with van der Waals surface area (Å²) in [4.78, 5) is 11.9. The summed E-state index contributed by atoms with van der Waals surface area (Å²) in [5.74, 6) is -0.588. The molecule has 0 unspecified atom stereocenters. The van der Waals surface area contributed by atoms with Crippen LogP contribution >= 0.6 is 11.6 Å². The van der Waals surface area contributed by atoms with Crippen LogP contribution in [0.2, 0.25) is 5.02 Å². The molecule has 2 N–H and O–H groups in total. The van der Waals surface area contributed by atoms with Crippen LogP contribution in [-0.4, -0.2) is 12.5 Å². The Morgan fingerprint density at radius 3 is 2.62 bits per heavy atom. The number of carbonyl (C=O) groups excluding carboxylic acids is 1. The van der Waals surface area contributed by atoms with E-state index >= 15 is 0 Å². The summed E-state index contributed by atoms with van der Waals surface area (Å²) >= 11 is 6.05. The quantitative estimate of drug-likeness (QED) is 0.891. The molecule has 0 aliphatic carbocycles. The third kappa shape index (κ3) is 4.20. The number of aryl methyl sites for hydroxylation is 2. The molecule has 110 valence electrons. The second kappa shape index (κ2) is 6.59. The summed E-state index contributed by atoms with van der Waals surface area (Å²) < 4.78 is 13.2. The third-order valence-corrected chi connectivity index (χ3v) is 3.35. The molecule has 0 fully saturated rings. The molecule has 0 radical (unpaired) electrons. The summed E-state index contributed by atoms with van der Waals surface area (Å²) in [6.07, 6.45) is 0. The van der Waals surface area contributed by atoms with Crippen molar-refractivity contribution in [3.8, 4) is 0 Å². The van der Waals surface area contributed by atoms with Gasteiger partial charge >= 0.3 is 0 Å².